The molecular weight excluding hydrogens is 338 g/mol. The Hall–Kier alpha value is -0.850. The van der Waals surface area contributed by atoms with E-state index in [2.05, 4.69) is 46.2 Å². The predicted octanol–water partition coefficient (Wildman–Crippen LogP) is 2.02. The highest BCUT2D eigenvalue weighted by molar-refractivity contribution is 5.79. The lowest BCUT2D eigenvalue weighted by atomic mass is 9.97. The molecule has 0 amide bonds. The Balaban J connectivity index is 1.72. The van der Waals surface area contributed by atoms with Gasteiger partial charge in [-0.05, 0) is 57.2 Å². The Morgan fingerprint density at radius 3 is 2.41 bits per heavy atom. The number of ether oxygens (including phenoxy) is 1. The van der Waals surface area contributed by atoms with E-state index in [1.54, 1.807) is 0 Å². The summed E-state index contributed by atoms with van der Waals surface area (Å²) in [4.78, 5) is 9.63. The van der Waals surface area contributed by atoms with Gasteiger partial charge in [0, 0.05) is 39.3 Å². The maximum Gasteiger partial charge on any atom is 0.191 e. The van der Waals surface area contributed by atoms with Gasteiger partial charge in [-0.25, -0.2) is 0 Å². The zero-order valence-electron chi connectivity index (χ0n) is 18.2. The lowest BCUT2D eigenvalue weighted by molar-refractivity contribution is 0.0132. The average Bonchev–Trinajstić information content (AvgIpc) is 2.69. The van der Waals surface area contributed by atoms with Gasteiger partial charge in [0.15, 0.2) is 5.96 Å². The van der Waals surface area contributed by atoms with E-state index in [9.17, 15) is 0 Å². The molecule has 0 aliphatic carbocycles. The summed E-state index contributed by atoms with van der Waals surface area (Å²) >= 11 is 0. The topological polar surface area (TPSA) is 52.1 Å². The Bertz CT molecular complexity index is 415. The number of morpholine rings is 1. The number of hydrogen-bond acceptors (Lipinski definition) is 4. The van der Waals surface area contributed by atoms with Gasteiger partial charge < -0.3 is 20.3 Å². The van der Waals surface area contributed by atoms with Crippen LogP contribution in [0.25, 0.3) is 0 Å². The SMILES string of the molecule is CCCN1CCC(CNC(=NC)NCC(CC(C)C)N2CCOCC2)CC1. The molecule has 0 bridgehead atoms. The molecule has 1 atom stereocenters. The van der Waals surface area contributed by atoms with E-state index >= 15 is 0 Å². The summed E-state index contributed by atoms with van der Waals surface area (Å²) in [5.74, 6) is 2.42. The highest BCUT2D eigenvalue weighted by Gasteiger charge is 2.23. The molecule has 2 heterocycles. The van der Waals surface area contributed by atoms with Gasteiger partial charge in [-0.2, -0.15) is 0 Å². The van der Waals surface area contributed by atoms with E-state index < -0.39 is 0 Å². The van der Waals surface area contributed by atoms with Crippen molar-refractivity contribution in [2.45, 2.75) is 52.5 Å². The van der Waals surface area contributed by atoms with Gasteiger partial charge >= 0.3 is 0 Å². The Labute approximate surface area is 167 Å². The molecular formula is C21H43N5O. The summed E-state index contributed by atoms with van der Waals surface area (Å²) in [6.07, 6.45) is 5.07. The summed E-state index contributed by atoms with van der Waals surface area (Å²) in [6, 6.07) is 0.546. The Kier molecular flexibility index (Phi) is 10.5. The van der Waals surface area contributed by atoms with Crippen LogP contribution in [0.5, 0.6) is 0 Å². The highest BCUT2D eigenvalue weighted by atomic mass is 16.5. The lowest BCUT2D eigenvalue weighted by Crippen LogP contribution is -2.51. The molecule has 2 aliphatic rings. The minimum absolute atomic E-state index is 0.546. The number of guanidine groups is 1. The number of nitrogens with zero attached hydrogens (tertiary/aromatic N) is 3. The van der Waals surface area contributed by atoms with Crippen molar-refractivity contribution in [3.63, 3.8) is 0 Å². The largest absolute Gasteiger partial charge is 0.379 e. The molecule has 0 saturated carbocycles. The maximum atomic E-state index is 5.53. The molecule has 6 heteroatoms. The quantitative estimate of drug-likeness (QED) is 0.473. The molecule has 6 nitrogen and oxygen atoms in total. The molecule has 0 spiro atoms. The van der Waals surface area contributed by atoms with Crippen molar-refractivity contribution >= 4 is 5.96 Å². The van der Waals surface area contributed by atoms with Crippen LogP contribution in [-0.4, -0.2) is 87.9 Å². The van der Waals surface area contributed by atoms with Gasteiger partial charge in [-0.15, -0.1) is 0 Å². The van der Waals surface area contributed by atoms with Crippen molar-refractivity contribution in [1.29, 1.82) is 0 Å². The maximum absolute atomic E-state index is 5.53. The number of piperidine rings is 1. The van der Waals surface area contributed by atoms with E-state index in [4.69, 9.17) is 4.74 Å². The van der Waals surface area contributed by atoms with Crippen LogP contribution in [-0.2, 0) is 4.74 Å². The van der Waals surface area contributed by atoms with Crippen molar-refractivity contribution in [1.82, 2.24) is 20.4 Å². The third-order valence-corrected chi connectivity index (χ3v) is 5.84. The minimum atomic E-state index is 0.546. The number of likely N-dealkylation sites (tertiary alicyclic amines) is 1. The number of rotatable bonds is 9. The first-order valence-corrected chi connectivity index (χ1v) is 11.1. The van der Waals surface area contributed by atoms with Crippen LogP contribution < -0.4 is 10.6 Å². The van der Waals surface area contributed by atoms with E-state index in [0.29, 0.717) is 12.0 Å². The third-order valence-electron chi connectivity index (χ3n) is 5.84. The normalized spacial score (nSPS) is 22.2. The Morgan fingerprint density at radius 2 is 1.81 bits per heavy atom. The molecule has 2 N–H and O–H groups in total. The molecule has 2 saturated heterocycles. The molecule has 0 aromatic heterocycles. The molecule has 2 aliphatic heterocycles. The molecule has 0 aromatic rings. The minimum Gasteiger partial charge on any atom is -0.379 e. The number of nitrogens with one attached hydrogen (secondary N) is 2. The fourth-order valence-electron chi connectivity index (χ4n) is 4.25. The highest BCUT2D eigenvalue weighted by Crippen LogP contribution is 2.16. The van der Waals surface area contributed by atoms with Crippen LogP contribution >= 0.6 is 0 Å². The fraction of sp³-hybridized carbons (Fsp3) is 0.952. The van der Waals surface area contributed by atoms with Crippen LogP contribution in [0.1, 0.15) is 46.5 Å². The average molecular weight is 382 g/mol. The van der Waals surface area contributed by atoms with Crippen molar-refractivity contribution in [2.75, 3.05) is 66.1 Å². The van der Waals surface area contributed by atoms with Crippen molar-refractivity contribution < 1.29 is 4.74 Å². The van der Waals surface area contributed by atoms with Gasteiger partial charge in [0.1, 0.15) is 0 Å². The molecule has 0 aromatic carbocycles. The molecule has 2 fully saturated rings. The lowest BCUT2D eigenvalue weighted by Gasteiger charge is -2.36. The molecule has 27 heavy (non-hydrogen) atoms. The molecule has 158 valence electrons. The van der Waals surface area contributed by atoms with Gasteiger partial charge in [0.2, 0.25) is 0 Å². The van der Waals surface area contributed by atoms with Crippen LogP contribution in [0, 0.1) is 11.8 Å². The second-order valence-corrected chi connectivity index (χ2v) is 8.55. The van der Waals surface area contributed by atoms with Crippen LogP contribution in [0.2, 0.25) is 0 Å². The second kappa shape index (κ2) is 12.6. The van der Waals surface area contributed by atoms with E-state index in [0.717, 1.165) is 51.3 Å². The van der Waals surface area contributed by atoms with Gasteiger partial charge in [0.05, 0.1) is 13.2 Å². The second-order valence-electron chi connectivity index (χ2n) is 8.55. The first-order valence-electron chi connectivity index (χ1n) is 11.1. The van der Waals surface area contributed by atoms with Crippen molar-refractivity contribution in [3.05, 3.63) is 0 Å². The van der Waals surface area contributed by atoms with E-state index in [1.165, 1.54) is 45.3 Å². The van der Waals surface area contributed by atoms with Crippen molar-refractivity contribution in [2.24, 2.45) is 16.8 Å². The van der Waals surface area contributed by atoms with Gasteiger partial charge in [-0.3, -0.25) is 9.89 Å². The van der Waals surface area contributed by atoms with Crippen LogP contribution in [0.15, 0.2) is 4.99 Å². The van der Waals surface area contributed by atoms with E-state index in [-0.39, 0.29) is 0 Å². The van der Waals surface area contributed by atoms with Crippen LogP contribution in [0.3, 0.4) is 0 Å². The zero-order valence-corrected chi connectivity index (χ0v) is 18.2. The standard InChI is InChI=1S/C21H43N5O/c1-5-8-25-9-6-19(7-10-25)16-23-21(22-4)24-17-20(15-18(2)3)26-11-13-27-14-12-26/h18-20H,5-17H2,1-4H3,(H2,22,23,24). The summed E-state index contributed by atoms with van der Waals surface area (Å²) in [5, 5.41) is 7.16. The number of hydrogen-bond donors (Lipinski definition) is 2. The Morgan fingerprint density at radius 1 is 1.11 bits per heavy atom. The fourth-order valence-corrected chi connectivity index (χ4v) is 4.25. The first-order chi connectivity index (χ1) is 13.1. The van der Waals surface area contributed by atoms with Gasteiger partial charge in [-0.1, -0.05) is 20.8 Å². The molecule has 2 rings (SSSR count). The summed E-state index contributed by atoms with van der Waals surface area (Å²) < 4.78 is 5.53. The van der Waals surface area contributed by atoms with Crippen molar-refractivity contribution in [3.8, 4) is 0 Å². The van der Waals surface area contributed by atoms with Gasteiger partial charge in [0.25, 0.3) is 0 Å². The summed E-state index contributed by atoms with van der Waals surface area (Å²) in [5.41, 5.74) is 0. The predicted molar refractivity (Wildman–Crippen MR) is 114 cm³/mol. The molecule has 0 radical (unpaired) electrons. The number of aliphatic imine (C=N–C) groups is 1. The first kappa shape index (κ1) is 22.4. The summed E-state index contributed by atoms with van der Waals surface area (Å²) in [6.45, 7) is 16.4. The van der Waals surface area contributed by atoms with Crippen LogP contribution in [0.4, 0.5) is 0 Å². The van der Waals surface area contributed by atoms with E-state index in [1.807, 2.05) is 7.05 Å². The third kappa shape index (κ3) is 8.36. The smallest absolute Gasteiger partial charge is 0.191 e. The monoisotopic (exact) mass is 381 g/mol. The zero-order chi connectivity index (χ0) is 19.5. The molecule has 1 unspecified atom stereocenters. The summed E-state index contributed by atoms with van der Waals surface area (Å²) in [7, 11) is 1.88.